The number of hydrogen-bond acceptors (Lipinski definition) is 3. The highest BCUT2D eigenvalue weighted by Gasteiger charge is 2.30. The SMILES string of the molecule is CCC(N)C(=O)NC1CCOC(C)(C)C1. The van der Waals surface area contributed by atoms with Crippen molar-refractivity contribution >= 4 is 5.91 Å². The van der Waals surface area contributed by atoms with Crippen molar-refractivity contribution in [1.82, 2.24) is 5.32 Å². The molecule has 1 heterocycles. The highest BCUT2D eigenvalue weighted by Crippen LogP contribution is 2.23. The van der Waals surface area contributed by atoms with Gasteiger partial charge in [-0.05, 0) is 33.1 Å². The van der Waals surface area contributed by atoms with Crippen LogP contribution in [0, 0.1) is 0 Å². The number of ether oxygens (including phenoxy) is 1. The monoisotopic (exact) mass is 214 g/mol. The van der Waals surface area contributed by atoms with Crippen molar-refractivity contribution in [2.45, 2.75) is 57.7 Å². The number of amides is 1. The summed E-state index contributed by atoms with van der Waals surface area (Å²) in [5.74, 6) is -0.0415. The van der Waals surface area contributed by atoms with E-state index in [1.165, 1.54) is 0 Å². The summed E-state index contributed by atoms with van der Waals surface area (Å²) in [6.45, 7) is 6.72. The number of nitrogens with two attached hydrogens (primary N) is 1. The lowest BCUT2D eigenvalue weighted by Crippen LogP contribution is -2.50. The molecule has 0 saturated carbocycles. The summed E-state index contributed by atoms with van der Waals surface area (Å²) in [4.78, 5) is 11.6. The molecule has 0 radical (unpaired) electrons. The van der Waals surface area contributed by atoms with Gasteiger partial charge in [0.2, 0.25) is 5.91 Å². The molecular formula is C11H22N2O2. The Balaban J connectivity index is 2.41. The molecule has 0 bridgehead atoms. The molecule has 1 aliphatic rings. The Bertz CT molecular complexity index is 229. The van der Waals surface area contributed by atoms with Crippen molar-refractivity contribution in [3.63, 3.8) is 0 Å². The largest absolute Gasteiger partial charge is 0.375 e. The summed E-state index contributed by atoms with van der Waals surface area (Å²) in [6, 6.07) is -0.171. The number of carbonyl (C=O) groups is 1. The van der Waals surface area contributed by atoms with Gasteiger partial charge in [-0.15, -0.1) is 0 Å². The van der Waals surface area contributed by atoms with Crippen molar-refractivity contribution in [2.75, 3.05) is 6.61 Å². The van der Waals surface area contributed by atoms with Crippen LogP contribution in [0.4, 0.5) is 0 Å². The normalized spacial score (nSPS) is 27.1. The molecule has 2 unspecified atom stereocenters. The summed E-state index contributed by atoms with van der Waals surface area (Å²) >= 11 is 0. The smallest absolute Gasteiger partial charge is 0.237 e. The predicted molar refractivity (Wildman–Crippen MR) is 59.5 cm³/mol. The van der Waals surface area contributed by atoms with Gasteiger partial charge in [0.25, 0.3) is 0 Å². The standard InChI is InChI=1S/C11H22N2O2/c1-4-9(12)10(14)13-8-5-6-15-11(2,3)7-8/h8-9H,4-7,12H2,1-3H3,(H,13,14). The van der Waals surface area contributed by atoms with Crippen molar-refractivity contribution in [2.24, 2.45) is 5.73 Å². The molecule has 15 heavy (non-hydrogen) atoms. The van der Waals surface area contributed by atoms with Crippen molar-refractivity contribution < 1.29 is 9.53 Å². The molecule has 0 spiro atoms. The first-order valence-electron chi connectivity index (χ1n) is 5.64. The molecule has 1 amide bonds. The van der Waals surface area contributed by atoms with Crippen LogP contribution in [0.25, 0.3) is 0 Å². The molecular weight excluding hydrogens is 192 g/mol. The molecule has 3 N–H and O–H groups in total. The second-order valence-electron chi connectivity index (χ2n) is 4.82. The van der Waals surface area contributed by atoms with Crippen LogP contribution < -0.4 is 11.1 Å². The summed E-state index contributed by atoms with van der Waals surface area (Å²) in [5.41, 5.74) is 5.53. The van der Waals surface area contributed by atoms with E-state index in [9.17, 15) is 4.79 Å². The topological polar surface area (TPSA) is 64.4 Å². The summed E-state index contributed by atoms with van der Waals surface area (Å²) in [6.07, 6.45) is 2.42. The van der Waals surface area contributed by atoms with Crippen LogP contribution in [-0.4, -0.2) is 30.2 Å². The van der Waals surface area contributed by atoms with E-state index in [0.717, 1.165) is 12.8 Å². The van der Waals surface area contributed by atoms with E-state index in [2.05, 4.69) is 5.32 Å². The van der Waals surface area contributed by atoms with Crippen LogP contribution in [0.2, 0.25) is 0 Å². The highest BCUT2D eigenvalue weighted by molar-refractivity contribution is 5.81. The molecule has 88 valence electrons. The average Bonchev–Trinajstić information content (AvgIpc) is 2.14. The van der Waals surface area contributed by atoms with Gasteiger partial charge in [0, 0.05) is 12.6 Å². The third-order valence-electron chi connectivity index (χ3n) is 2.82. The third-order valence-corrected chi connectivity index (χ3v) is 2.82. The Morgan fingerprint density at radius 3 is 2.87 bits per heavy atom. The second-order valence-corrected chi connectivity index (χ2v) is 4.82. The Morgan fingerprint density at radius 1 is 1.67 bits per heavy atom. The van der Waals surface area contributed by atoms with Gasteiger partial charge < -0.3 is 15.8 Å². The van der Waals surface area contributed by atoms with Crippen LogP contribution in [-0.2, 0) is 9.53 Å². The molecule has 4 heteroatoms. The minimum atomic E-state index is -0.379. The summed E-state index contributed by atoms with van der Waals surface area (Å²) in [7, 11) is 0. The van der Waals surface area contributed by atoms with Crippen LogP contribution in [0.15, 0.2) is 0 Å². The Hall–Kier alpha value is -0.610. The number of rotatable bonds is 3. The van der Waals surface area contributed by atoms with Crippen LogP contribution >= 0.6 is 0 Å². The maximum atomic E-state index is 11.6. The van der Waals surface area contributed by atoms with Gasteiger partial charge in [-0.2, -0.15) is 0 Å². The minimum absolute atomic E-state index is 0.0415. The van der Waals surface area contributed by atoms with Crippen molar-refractivity contribution in [1.29, 1.82) is 0 Å². The van der Waals surface area contributed by atoms with Gasteiger partial charge in [-0.1, -0.05) is 6.92 Å². The van der Waals surface area contributed by atoms with Gasteiger partial charge >= 0.3 is 0 Å². The van der Waals surface area contributed by atoms with E-state index in [0.29, 0.717) is 13.0 Å². The maximum absolute atomic E-state index is 11.6. The average molecular weight is 214 g/mol. The van der Waals surface area contributed by atoms with E-state index >= 15 is 0 Å². The van der Waals surface area contributed by atoms with E-state index in [-0.39, 0.29) is 23.6 Å². The van der Waals surface area contributed by atoms with Gasteiger partial charge in [-0.3, -0.25) is 4.79 Å². The van der Waals surface area contributed by atoms with Gasteiger partial charge in [0.15, 0.2) is 0 Å². The maximum Gasteiger partial charge on any atom is 0.237 e. The molecule has 1 fully saturated rings. The second kappa shape index (κ2) is 4.94. The van der Waals surface area contributed by atoms with E-state index in [4.69, 9.17) is 10.5 Å². The lowest BCUT2D eigenvalue weighted by Gasteiger charge is -2.36. The third kappa shape index (κ3) is 3.80. The molecule has 1 rings (SSSR count). The zero-order chi connectivity index (χ0) is 11.5. The lowest BCUT2D eigenvalue weighted by atomic mass is 9.93. The summed E-state index contributed by atoms with van der Waals surface area (Å²) < 4.78 is 5.58. The first kappa shape index (κ1) is 12.5. The first-order valence-corrected chi connectivity index (χ1v) is 5.64. The zero-order valence-electron chi connectivity index (χ0n) is 9.88. The highest BCUT2D eigenvalue weighted by atomic mass is 16.5. The molecule has 0 aromatic heterocycles. The molecule has 0 aromatic carbocycles. The number of hydrogen-bond donors (Lipinski definition) is 2. The zero-order valence-corrected chi connectivity index (χ0v) is 9.88. The van der Waals surface area contributed by atoms with Crippen LogP contribution in [0.1, 0.15) is 40.0 Å². The first-order chi connectivity index (χ1) is 6.94. The predicted octanol–water partition coefficient (Wildman–Crippen LogP) is 0.797. The molecule has 4 nitrogen and oxygen atoms in total. The number of nitrogens with one attached hydrogen (secondary N) is 1. The molecule has 2 atom stereocenters. The fourth-order valence-corrected chi connectivity index (χ4v) is 1.85. The van der Waals surface area contributed by atoms with Crippen molar-refractivity contribution in [3.05, 3.63) is 0 Å². The number of carbonyl (C=O) groups excluding carboxylic acids is 1. The lowest BCUT2D eigenvalue weighted by molar-refractivity contribution is -0.125. The Morgan fingerprint density at radius 2 is 2.33 bits per heavy atom. The molecule has 0 aromatic rings. The van der Waals surface area contributed by atoms with Crippen molar-refractivity contribution in [3.8, 4) is 0 Å². The van der Waals surface area contributed by atoms with E-state index < -0.39 is 0 Å². The summed E-state index contributed by atoms with van der Waals surface area (Å²) in [5, 5.41) is 2.98. The van der Waals surface area contributed by atoms with E-state index in [1.807, 2.05) is 20.8 Å². The van der Waals surface area contributed by atoms with Crippen LogP contribution in [0.5, 0.6) is 0 Å². The van der Waals surface area contributed by atoms with Gasteiger partial charge in [0.05, 0.1) is 11.6 Å². The fourth-order valence-electron chi connectivity index (χ4n) is 1.85. The molecule has 1 saturated heterocycles. The molecule has 1 aliphatic heterocycles. The Labute approximate surface area is 91.5 Å². The molecule has 0 aliphatic carbocycles. The Kier molecular flexibility index (Phi) is 4.11. The van der Waals surface area contributed by atoms with E-state index in [1.54, 1.807) is 0 Å². The fraction of sp³-hybridized carbons (Fsp3) is 0.909. The van der Waals surface area contributed by atoms with Gasteiger partial charge in [0.1, 0.15) is 0 Å². The van der Waals surface area contributed by atoms with Gasteiger partial charge in [-0.25, -0.2) is 0 Å². The quantitative estimate of drug-likeness (QED) is 0.730. The van der Waals surface area contributed by atoms with Crippen LogP contribution in [0.3, 0.4) is 0 Å². The minimum Gasteiger partial charge on any atom is -0.375 e.